The van der Waals surface area contributed by atoms with Gasteiger partial charge in [0.15, 0.2) is 0 Å². The zero-order chi connectivity index (χ0) is 18.3. The van der Waals surface area contributed by atoms with E-state index in [0.717, 1.165) is 19.1 Å². The maximum Gasteiger partial charge on any atom is 0.232 e. The first-order valence-electron chi connectivity index (χ1n) is 7.87. The first kappa shape index (κ1) is 21.1. The van der Waals surface area contributed by atoms with Crippen molar-refractivity contribution in [2.24, 2.45) is 0 Å². The van der Waals surface area contributed by atoms with Crippen LogP contribution in [0.15, 0.2) is 18.2 Å². The van der Waals surface area contributed by atoms with Crippen LogP contribution in [0.5, 0.6) is 0 Å². The Labute approximate surface area is 154 Å². The van der Waals surface area contributed by atoms with Crippen molar-refractivity contribution in [2.75, 3.05) is 17.1 Å². The number of halogens is 2. The first-order chi connectivity index (χ1) is 11.1. The molecule has 1 atom stereocenters. The molecule has 1 aromatic carbocycles. The highest BCUT2D eigenvalue weighted by molar-refractivity contribution is 7.92. The van der Waals surface area contributed by atoms with E-state index in [1.165, 1.54) is 10.4 Å². The average Bonchev–Trinajstić information content (AvgIpc) is 2.45. The van der Waals surface area contributed by atoms with Gasteiger partial charge in [0, 0.05) is 24.0 Å². The lowest BCUT2D eigenvalue weighted by Gasteiger charge is -2.23. The highest BCUT2D eigenvalue weighted by Crippen LogP contribution is 2.30. The van der Waals surface area contributed by atoms with Gasteiger partial charge in [-0.2, -0.15) is 0 Å². The number of amides is 1. The van der Waals surface area contributed by atoms with Crippen LogP contribution in [0.1, 0.15) is 39.5 Å². The van der Waals surface area contributed by atoms with Gasteiger partial charge in [0.25, 0.3) is 0 Å². The second-order valence-corrected chi connectivity index (χ2v) is 8.54. The summed E-state index contributed by atoms with van der Waals surface area (Å²) in [7, 11) is -3.53. The largest absolute Gasteiger partial charge is 0.354 e. The topological polar surface area (TPSA) is 66.5 Å². The zero-order valence-electron chi connectivity index (χ0n) is 14.2. The highest BCUT2D eigenvalue weighted by Gasteiger charge is 2.20. The summed E-state index contributed by atoms with van der Waals surface area (Å²) >= 11 is 12.0. The van der Waals surface area contributed by atoms with E-state index >= 15 is 0 Å². The Balaban J connectivity index is 2.73. The van der Waals surface area contributed by atoms with Gasteiger partial charge in [0.1, 0.15) is 0 Å². The van der Waals surface area contributed by atoms with Crippen molar-refractivity contribution >= 4 is 44.8 Å². The molecule has 1 rings (SSSR count). The van der Waals surface area contributed by atoms with Crippen molar-refractivity contribution in [1.82, 2.24) is 5.32 Å². The molecule has 0 spiro atoms. The Bertz CT molecular complexity index is 665. The fraction of sp³-hybridized carbons (Fsp3) is 0.562. The third-order valence-corrected chi connectivity index (χ3v) is 5.21. The summed E-state index contributed by atoms with van der Waals surface area (Å²) in [6.45, 7) is 4.17. The lowest BCUT2D eigenvalue weighted by atomic mass is 10.2. The molecule has 1 amide bonds. The van der Waals surface area contributed by atoms with Crippen LogP contribution < -0.4 is 9.62 Å². The van der Waals surface area contributed by atoms with Crippen LogP contribution >= 0.6 is 23.2 Å². The van der Waals surface area contributed by atoms with Crippen LogP contribution in [-0.2, 0) is 14.8 Å². The average molecular weight is 395 g/mol. The van der Waals surface area contributed by atoms with Crippen LogP contribution in [0.25, 0.3) is 0 Å². The molecular weight excluding hydrogens is 371 g/mol. The number of carbonyl (C=O) groups excluding carboxylic acids is 1. The Morgan fingerprint density at radius 2 is 2.00 bits per heavy atom. The minimum atomic E-state index is -3.53. The summed E-state index contributed by atoms with van der Waals surface area (Å²) in [6, 6.07) is 4.78. The predicted molar refractivity (Wildman–Crippen MR) is 100 cm³/mol. The molecule has 136 valence electrons. The monoisotopic (exact) mass is 394 g/mol. The molecule has 0 aromatic heterocycles. The SMILES string of the molecule is CCC[C@@H](C)NC(=O)CCCN(c1cc(Cl)ccc1Cl)S(C)(=O)=O. The van der Waals surface area contributed by atoms with Crippen LogP contribution in [0.4, 0.5) is 5.69 Å². The number of hydrogen-bond acceptors (Lipinski definition) is 3. The molecule has 0 unspecified atom stereocenters. The van der Waals surface area contributed by atoms with Crippen molar-refractivity contribution in [2.45, 2.75) is 45.6 Å². The van der Waals surface area contributed by atoms with Gasteiger partial charge in [0.05, 0.1) is 17.0 Å². The fourth-order valence-electron chi connectivity index (χ4n) is 2.38. The van der Waals surface area contributed by atoms with Gasteiger partial charge in [-0.25, -0.2) is 8.42 Å². The number of benzene rings is 1. The molecular formula is C16H24Cl2N2O3S. The number of nitrogens with zero attached hydrogens (tertiary/aromatic N) is 1. The van der Waals surface area contributed by atoms with Gasteiger partial charge >= 0.3 is 0 Å². The van der Waals surface area contributed by atoms with Crippen LogP contribution in [0, 0.1) is 0 Å². The van der Waals surface area contributed by atoms with Crippen molar-refractivity contribution in [3.63, 3.8) is 0 Å². The lowest BCUT2D eigenvalue weighted by molar-refractivity contribution is -0.121. The van der Waals surface area contributed by atoms with Crippen molar-refractivity contribution in [3.8, 4) is 0 Å². The third-order valence-electron chi connectivity index (χ3n) is 3.47. The van der Waals surface area contributed by atoms with E-state index in [-0.39, 0.29) is 24.9 Å². The number of nitrogens with one attached hydrogen (secondary N) is 1. The standard InChI is InChI=1S/C16H24Cl2N2O3S/c1-4-6-12(2)19-16(21)7-5-10-20(24(3,22)23)15-11-13(17)8-9-14(15)18/h8-9,11-12H,4-7,10H2,1-3H3,(H,19,21)/t12-/m1/s1. The number of carbonyl (C=O) groups is 1. The molecule has 1 N–H and O–H groups in total. The van der Waals surface area contributed by atoms with E-state index < -0.39 is 10.0 Å². The molecule has 0 saturated carbocycles. The molecule has 0 saturated heterocycles. The van der Waals surface area contributed by atoms with Gasteiger partial charge in [-0.1, -0.05) is 36.5 Å². The number of sulfonamides is 1. The molecule has 0 heterocycles. The molecule has 1 aromatic rings. The smallest absolute Gasteiger partial charge is 0.232 e. The summed E-state index contributed by atoms with van der Waals surface area (Å²) in [4.78, 5) is 11.9. The van der Waals surface area contributed by atoms with Crippen LogP contribution in [-0.4, -0.2) is 33.2 Å². The maximum absolute atomic E-state index is 12.1. The Morgan fingerprint density at radius 1 is 1.33 bits per heavy atom. The minimum Gasteiger partial charge on any atom is -0.354 e. The summed E-state index contributed by atoms with van der Waals surface area (Å²) in [5.74, 6) is -0.0819. The Hall–Kier alpha value is -0.980. The van der Waals surface area contributed by atoms with E-state index in [9.17, 15) is 13.2 Å². The normalized spacial score (nSPS) is 12.7. The molecule has 0 aliphatic heterocycles. The number of rotatable bonds is 9. The predicted octanol–water partition coefficient (Wildman–Crippen LogP) is 3.84. The van der Waals surface area contributed by atoms with Crippen molar-refractivity contribution in [1.29, 1.82) is 0 Å². The third kappa shape index (κ3) is 6.87. The van der Waals surface area contributed by atoms with Gasteiger partial charge < -0.3 is 5.32 Å². The zero-order valence-corrected chi connectivity index (χ0v) is 16.5. The van der Waals surface area contributed by atoms with Gasteiger partial charge in [0.2, 0.25) is 15.9 Å². The van der Waals surface area contributed by atoms with Gasteiger partial charge in [-0.05, 0) is 38.0 Å². The summed E-state index contributed by atoms with van der Waals surface area (Å²) < 4.78 is 25.3. The molecule has 5 nitrogen and oxygen atoms in total. The summed E-state index contributed by atoms with van der Waals surface area (Å²) in [5.41, 5.74) is 0.325. The second kappa shape index (κ2) is 9.49. The maximum atomic E-state index is 12.1. The first-order valence-corrected chi connectivity index (χ1v) is 10.5. The summed E-state index contributed by atoms with van der Waals surface area (Å²) in [6.07, 6.45) is 3.66. The van der Waals surface area contributed by atoms with Crippen molar-refractivity contribution in [3.05, 3.63) is 28.2 Å². The molecule has 0 bridgehead atoms. The fourth-order valence-corrected chi connectivity index (χ4v) is 3.78. The second-order valence-electron chi connectivity index (χ2n) is 5.79. The Kier molecular flexibility index (Phi) is 8.33. The quantitative estimate of drug-likeness (QED) is 0.691. The minimum absolute atomic E-state index is 0.0819. The lowest BCUT2D eigenvalue weighted by Crippen LogP contribution is -2.34. The Morgan fingerprint density at radius 3 is 2.58 bits per heavy atom. The summed E-state index contributed by atoms with van der Waals surface area (Å²) in [5, 5.41) is 3.59. The van der Waals surface area contributed by atoms with E-state index in [2.05, 4.69) is 12.2 Å². The van der Waals surface area contributed by atoms with E-state index in [0.29, 0.717) is 22.2 Å². The van der Waals surface area contributed by atoms with E-state index in [4.69, 9.17) is 23.2 Å². The van der Waals surface area contributed by atoms with Gasteiger partial charge in [-0.3, -0.25) is 9.10 Å². The molecule has 0 aliphatic rings. The molecule has 0 fully saturated rings. The van der Waals surface area contributed by atoms with Crippen molar-refractivity contribution < 1.29 is 13.2 Å². The van der Waals surface area contributed by atoms with E-state index in [1.54, 1.807) is 12.1 Å². The number of hydrogen-bond donors (Lipinski definition) is 1. The van der Waals surface area contributed by atoms with E-state index in [1.807, 2.05) is 6.92 Å². The molecule has 0 aliphatic carbocycles. The molecule has 8 heteroatoms. The highest BCUT2D eigenvalue weighted by atomic mass is 35.5. The number of anilines is 1. The van der Waals surface area contributed by atoms with Gasteiger partial charge in [-0.15, -0.1) is 0 Å². The van der Waals surface area contributed by atoms with Crippen LogP contribution in [0.2, 0.25) is 10.0 Å². The molecule has 0 radical (unpaired) electrons. The van der Waals surface area contributed by atoms with Crippen LogP contribution in [0.3, 0.4) is 0 Å². The molecule has 24 heavy (non-hydrogen) atoms.